The zero-order valence-corrected chi connectivity index (χ0v) is 23.5. The average molecular weight is 557 g/mol. The SMILES string of the molecule is CCCN(C)CCNC(=O)C(CC)OC(=O)C(Cc1cc(=O)[nH]c2c1CCC=C2)NC(=O)c1ccc(Cl)cc1. The zero-order valence-electron chi connectivity index (χ0n) is 22.7. The zero-order chi connectivity index (χ0) is 28.4. The molecule has 0 aliphatic heterocycles. The first-order valence-corrected chi connectivity index (χ1v) is 13.7. The van der Waals surface area contributed by atoms with E-state index in [9.17, 15) is 19.2 Å². The summed E-state index contributed by atoms with van der Waals surface area (Å²) in [6.45, 7) is 5.85. The molecule has 39 heavy (non-hydrogen) atoms. The van der Waals surface area contributed by atoms with E-state index in [1.165, 1.54) is 6.07 Å². The number of benzene rings is 1. The lowest BCUT2D eigenvalue weighted by atomic mass is 9.93. The topological polar surface area (TPSA) is 121 Å². The third-order valence-corrected chi connectivity index (χ3v) is 6.81. The van der Waals surface area contributed by atoms with E-state index in [-0.39, 0.29) is 18.4 Å². The molecule has 2 amide bonds. The Hall–Kier alpha value is -3.43. The van der Waals surface area contributed by atoms with Gasteiger partial charge < -0.3 is 25.3 Å². The van der Waals surface area contributed by atoms with Crippen LogP contribution in [0.4, 0.5) is 0 Å². The minimum absolute atomic E-state index is 0.0398. The van der Waals surface area contributed by atoms with Crippen LogP contribution in [0.2, 0.25) is 5.02 Å². The number of hydrogen-bond acceptors (Lipinski definition) is 6. The van der Waals surface area contributed by atoms with E-state index in [1.54, 1.807) is 31.2 Å². The third-order valence-electron chi connectivity index (χ3n) is 6.56. The Morgan fingerprint density at radius 2 is 1.90 bits per heavy atom. The number of hydrogen-bond donors (Lipinski definition) is 3. The fraction of sp³-hybridized carbons (Fsp3) is 0.448. The molecule has 1 aliphatic carbocycles. The van der Waals surface area contributed by atoms with Crippen LogP contribution in [0.15, 0.2) is 41.2 Å². The number of H-pyrrole nitrogens is 1. The van der Waals surface area contributed by atoms with Gasteiger partial charge in [-0.2, -0.15) is 0 Å². The standard InChI is InChI=1S/C29H37ClN4O5/c1-4-15-34(3)16-14-31-28(37)25(5-2)39-29(38)24(33-27(36)19-10-12-21(30)13-11-19)17-20-18-26(35)32-23-9-7-6-8-22(20)23/h7,9-13,18,24-25H,4-6,8,14-17H2,1-3H3,(H,31,37)(H,32,35)(H,33,36). The number of allylic oxidation sites excluding steroid dienone is 1. The van der Waals surface area contributed by atoms with Crippen LogP contribution in [0, 0.1) is 0 Å². The summed E-state index contributed by atoms with van der Waals surface area (Å²) in [6, 6.07) is 6.60. The molecular formula is C29H37ClN4O5. The van der Waals surface area contributed by atoms with Crippen molar-refractivity contribution in [2.75, 3.05) is 26.7 Å². The molecule has 10 heteroatoms. The molecule has 1 aromatic carbocycles. The predicted octanol–water partition coefficient (Wildman–Crippen LogP) is 3.11. The van der Waals surface area contributed by atoms with E-state index in [2.05, 4.69) is 27.4 Å². The molecule has 9 nitrogen and oxygen atoms in total. The normalized spacial score (nSPS) is 13.9. The smallest absolute Gasteiger partial charge is 0.329 e. The van der Waals surface area contributed by atoms with Gasteiger partial charge in [-0.15, -0.1) is 0 Å². The lowest BCUT2D eigenvalue weighted by molar-refractivity contribution is -0.157. The number of esters is 1. The van der Waals surface area contributed by atoms with Gasteiger partial charge in [0.15, 0.2) is 6.10 Å². The Morgan fingerprint density at radius 3 is 2.59 bits per heavy atom. The molecule has 0 bridgehead atoms. The van der Waals surface area contributed by atoms with Gasteiger partial charge in [-0.3, -0.25) is 14.4 Å². The van der Waals surface area contributed by atoms with Crippen molar-refractivity contribution in [1.82, 2.24) is 20.5 Å². The molecule has 2 unspecified atom stereocenters. The number of carbonyl (C=O) groups is 3. The summed E-state index contributed by atoms with van der Waals surface area (Å²) in [6.07, 6.45) is 5.61. The number of nitrogens with one attached hydrogen (secondary N) is 3. The van der Waals surface area contributed by atoms with E-state index in [0.29, 0.717) is 41.4 Å². The molecule has 3 rings (SSSR count). The first kappa shape index (κ1) is 30.1. The lowest BCUT2D eigenvalue weighted by Crippen LogP contribution is -2.47. The summed E-state index contributed by atoms with van der Waals surface area (Å²) in [4.78, 5) is 56.5. The van der Waals surface area contributed by atoms with E-state index in [0.717, 1.165) is 24.9 Å². The number of rotatable bonds is 13. The number of ether oxygens (including phenoxy) is 1. The first-order chi connectivity index (χ1) is 18.7. The van der Waals surface area contributed by atoms with Gasteiger partial charge in [-0.1, -0.05) is 31.5 Å². The lowest BCUT2D eigenvalue weighted by Gasteiger charge is -2.24. The molecule has 0 saturated carbocycles. The van der Waals surface area contributed by atoms with Crippen molar-refractivity contribution in [3.63, 3.8) is 0 Å². The van der Waals surface area contributed by atoms with Crippen molar-refractivity contribution in [3.8, 4) is 0 Å². The molecular weight excluding hydrogens is 520 g/mol. The second kappa shape index (κ2) is 14.6. The molecule has 2 aromatic rings. The summed E-state index contributed by atoms with van der Waals surface area (Å²) in [5.74, 6) is -1.64. The Balaban J connectivity index is 1.79. The number of nitrogens with zero attached hydrogens (tertiary/aromatic N) is 1. The highest BCUT2D eigenvalue weighted by Gasteiger charge is 2.30. The van der Waals surface area contributed by atoms with Gasteiger partial charge in [0.05, 0.1) is 0 Å². The van der Waals surface area contributed by atoms with Gasteiger partial charge in [0.25, 0.3) is 11.8 Å². The van der Waals surface area contributed by atoms with E-state index >= 15 is 0 Å². The number of amides is 2. The molecule has 0 saturated heterocycles. The monoisotopic (exact) mass is 556 g/mol. The number of halogens is 1. The number of carbonyl (C=O) groups excluding carboxylic acids is 3. The molecule has 0 fully saturated rings. The highest BCUT2D eigenvalue weighted by atomic mass is 35.5. The summed E-state index contributed by atoms with van der Waals surface area (Å²) >= 11 is 5.95. The molecule has 210 valence electrons. The van der Waals surface area contributed by atoms with Gasteiger partial charge >= 0.3 is 5.97 Å². The number of pyridine rings is 1. The van der Waals surface area contributed by atoms with Crippen molar-refractivity contribution >= 4 is 35.5 Å². The van der Waals surface area contributed by atoms with Crippen LogP contribution in [0.25, 0.3) is 6.08 Å². The highest BCUT2D eigenvalue weighted by Crippen LogP contribution is 2.21. The minimum Gasteiger partial charge on any atom is -0.451 e. The molecule has 1 aromatic heterocycles. The predicted molar refractivity (Wildman–Crippen MR) is 152 cm³/mol. The number of aromatic amines is 1. The molecule has 2 atom stereocenters. The molecule has 1 heterocycles. The molecule has 0 radical (unpaired) electrons. The van der Waals surface area contributed by atoms with Crippen molar-refractivity contribution in [2.24, 2.45) is 0 Å². The second-order valence-corrected chi connectivity index (χ2v) is 10.1. The van der Waals surface area contributed by atoms with E-state index < -0.39 is 29.9 Å². The molecule has 0 spiro atoms. The maximum Gasteiger partial charge on any atom is 0.329 e. The number of aromatic nitrogens is 1. The Bertz CT molecular complexity index is 1240. The van der Waals surface area contributed by atoms with Crippen molar-refractivity contribution < 1.29 is 19.1 Å². The maximum absolute atomic E-state index is 13.4. The van der Waals surface area contributed by atoms with Crippen molar-refractivity contribution in [3.05, 3.63) is 74.2 Å². The van der Waals surface area contributed by atoms with Crippen LogP contribution in [0.5, 0.6) is 0 Å². The van der Waals surface area contributed by atoms with Crippen molar-refractivity contribution in [2.45, 2.75) is 58.1 Å². The van der Waals surface area contributed by atoms with Crippen LogP contribution in [-0.4, -0.2) is 66.5 Å². The highest BCUT2D eigenvalue weighted by molar-refractivity contribution is 6.30. The Morgan fingerprint density at radius 1 is 1.15 bits per heavy atom. The van der Waals surface area contributed by atoms with E-state index in [4.69, 9.17) is 16.3 Å². The Kier molecular flexibility index (Phi) is 11.3. The van der Waals surface area contributed by atoms with Gasteiger partial charge in [-0.05, 0) is 80.7 Å². The fourth-order valence-corrected chi connectivity index (χ4v) is 4.62. The van der Waals surface area contributed by atoms with Crippen LogP contribution in [0.3, 0.4) is 0 Å². The van der Waals surface area contributed by atoms with Crippen LogP contribution < -0.4 is 16.2 Å². The summed E-state index contributed by atoms with van der Waals surface area (Å²) < 4.78 is 5.63. The van der Waals surface area contributed by atoms with Crippen molar-refractivity contribution in [1.29, 1.82) is 0 Å². The van der Waals surface area contributed by atoms with Crippen LogP contribution >= 0.6 is 11.6 Å². The third kappa shape index (κ3) is 8.80. The number of likely N-dealkylation sites (N-methyl/N-ethyl adjacent to an activating group) is 1. The van der Waals surface area contributed by atoms with Gasteiger partial charge in [-0.25, -0.2) is 4.79 Å². The van der Waals surface area contributed by atoms with Crippen LogP contribution in [0.1, 0.15) is 60.3 Å². The summed E-state index contributed by atoms with van der Waals surface area (Å²) in [5.41, 5.74) is 2.27. The van der Waals surface area contributed by atoms with E-state index in [1.807, 2.05) is 19.2 Å². The molecule has 1 aliphatic rings. The molecule has 3 N–H and O–H groups in total. The number of fused-ring (bicyclic) bond motifs is 1. The van der Waals surface area contributed by atoms with Gasteiger partial charge in [0.1, 0.15) is 6.04 Å². The van der Waals surface area contributed by atoms with Gasteiger partial charge in [0.2, 0.25) is 5.56 Å². The van der Waals surface area contributed by atoms with Gasteiger partial charge in [0, 0.05) is 41.9 Å². The second-order valence-electron chi connectivity index (χ2n) is 9.66. The quantitative estimate of drug-likeness (QED) is 0.326. The largest absolute Gasteiger partial charge is 0.451 e. The minimum atomic E-state index is -1.12. The maximum atomic E-state index is 13.4. The first-order valence-electron chi connectivity index (χ1n) is 13.4. The summed E-state index contributed by atoms with van der Waals surface area (Å²) in [7, 11) is 1.98. The Labute approximate surface area is 234 Å². The fourth-order valence-electron chi connectivity index (χ4n) is 4.49. The van der Waals surface area contributed by atoms with Crippen LogP contribution in [-0.2, 0) is 27.2 Å². The average Bonchev–Trinajstić information content (AvgIpc) is 2.91. The summed E-state index contributed by atoms with van der Waals surface area (Å²) in [5, 5.41) is 6.04.